The fraction of sp³-hybridized carbons (Fsp3) is 0.300. The van der Waals surface area contributed by atoms with Gasteiger partial charge >= 0.3 is 5.97 Å². The van der Waals surface area contributed by atoms with Gasteiger partial charge in [0.25, 0.3) is 0 Å². The van der Waals surface area contributed by atoms with Crippen LogP contribution in [0.2, 0.25) is 0 Å². The molecule has 0 heterocycles. The average molecular weight is 224 g/mol. The molecule has 86 valence electrons. The van der Waals surface area contributed by atoms with Crippen molar-refractivity contribution in [3.05, 3.63) is 45.5 Å². The van der Waals surface area contributed by atoms with E-state index in [1.165, 1.54) is 0 Å². The van der Waals surface area contributed by atoms with E-state index in [0.29, 0.717) is 11.1 Å². The lowest BCUT2D eigenvalue weighted by molar-refractivity contribution is -0.496. The van der Waals surface area contributed by atoms with Crippen LogP contribution in [-0.4, -0.2) is 22.0 Å². The van der Waals surface area contributed by atoms with Crippen LogP contribution in [0.3, 0.4) is 0 Å². The molecule has 1 aromatic rings. The molecule has 0 aliphatic rings. The van der Waals surface area contributed by atoms with Gasteiger partial charge in [0.1, 0.15) is 6.04 Å². The van der Waals surface area contributed by atoms with Crippen LogP contribution < -0.4 is 5.73 Å². The van der Waals surface area contributed by atoms with Crippen LogP contribution in [0.4, 0.5) is 0 Å². The summed E-state index contributed by atoms with van der Waals surface area (Å²) in [7, 11) is 0. The molecule has 1 atom stereocenters. The van der Waals surface area contributed by atoms with Crippen molar-refractivity contribution in [3.8, 4) is 0 Å². The van der Waals surface area contributed by atoms with E-state index in [1.54, 1.807) is 24.3 Å². The van der Waals surface area contributed by atoms with Gasteiger partial charge in [0, 0.05) is 10.5 Å². The van der Waals surface area contributed by atoms with Gasteiger partial charge in [0.15, 0.2) is 0 Å². The van der Waals surface area contributed by atoms with Crippen molar-refractivity contribution in [1.82, 2.24) is 0 Å². The predicted molar refractivity (Wildman–Crippen MR) is 56.5 cm³/mol. The van der Waals surface area contributed by atoms with E-state index in [1.807, 2.05) is 0 Å². The molecule has 0 saturated carbocycles. The zero-order valence-corrected chi connectivity index (χ0v) is 8.50. The van der Waals surface area contributed by atoms with Gasteiger partial charge in [-0.25, -0.2) is 0 Å². The number of aliphatic carboxylic acids is 1. The van der Waals surface area contributed by atoms with Gasteiger partial charge in [-0.15, -0.1) is 0 Å². The molecule has 6 heteroatoms. The molecule has 6 nitrogen and oxygen atoms in total. The van der Waals surface area contributed by atoms with Gasteiger partial charge in [-0.2, -0.15) is 0 Å². The number of nitrogens with two attached hydrogens (primary N) is 1. The van der Waals surface area contributed by atoms with E-state index in [9.17, 15) is 14.9 Å². The highest BCUT2D eigenvalue weighted by molar-refractivity contribution is 5.73. The van der Waals surface area contributed by atoms with E-state index in [-0.39, 0.29) is 13.0 Å². The van der Waals surface area contributed by atoms with E-state index < -0.39 is 16.9 Å². The summed E-state index contributed by atoms with van der Waals surface area (Å²) in [6.07, 6.45) is 0.0966. The molecule has 16 heavy (non-hydrogen) atoms. The van der Waals surface area contributed by atoms with Crippen molar-refractivity contribution < 1.29 is 14.8 Å². The first-order valence-electron chi connectivity index (χ1n) is 4.67. The molecule has 1 aromatic carbocycles. The summed E-state index contributed by atoms with van der Waals surface area (Å²) < 4.78 is 0. The van der Waals surface area contributed by atoms with Crippen LogP contribution in [0, 0.1) is 10.1 Å². The number of hydrogen-bond acceptors (Lipinski definition) is 4. The number of carboxylic acids is 1. The Bertz CT molecular complexity index is 406. The summed E-state index contributed by atoms with van der Waals surface area (Å²) in [6.45, 7) is -0.317. The minimum absolute atomic E-state index is 0.0966. The zero-order valence-electron chi connectivity index (χ0n) is 8.50. The average Bonchev–Trinajstić information content (AvgIpc) is 2.20. The SMILES string of the molecule is NC(Cc1ccccc1C[N+](=O)[O-])C(=O)O. The summed E-state index contributed by atoms with van der Waals surface area (Å²) in [6, 6.07) is 5.60. The maximum absolute atomic E-state index is 10.6. The number of nitro groups is 1. The third kappa shape index (κ3) is 3.32. The Kier molecular flexibility index (Phi) is 3.96. The smallest absolute Gasteiger partial charge is 0.320 e. The molecule has 1 rings (SSSR count). The second-order valence-corrected chi connectivity index (χ2v) is 3.41. The van der Waals surface area contributed by atoms with Crippen molar-refractivity contribution in [1.29, 1.82) is 0 Å². The van der Waals surface area contributed by atoms with Gasteiger partial charge in [0.05, 0.1) is 0 Å². The molecular weight excluding hydrogens is 212 g/mol. The van der Waals surface area contributed by atoms with Gasteiger partial charge in [0.2, 0.25) is 6.54 Å². The molecular formula is C10H12N2O4. The summed E-state index contributed by atoms with van der Waals surface area (Å²) >= 11 is 0. The van der Waals surface area contributed by atoms with Crippen LogP contribution in [0.25, 0.3) is 0 Å². The van der Waals surface area contributed by atoms with E-state index >= 15 is 0 Å². The third-order valence-electron chi connectivity index (χ3n) is 2.17. The van der Waals surface area contributed by atoms with Crippen molar-refractivity contribution in [2.75, 3.05) is 0 Å². The Morgan fingerprint density at radius 3 is 2.50 bits per heavy atom. The summed E-state index contributed by atoms with van der Waals surface area (Å²) in [4.78, 5) is 20.5. The molecule has 0 fully saturated rings. The van der Waals surface area contributed by atoms with Gasteiger partial charge in [-0.05, 0) is 12.0 Å². The highest BCUT2D eigenvalue weighted by Gasteiger charge is 2.15. The topological polar surface area (TPSA) is 106 Å². The standard InChI is InChI=1S/C10H12N2O4/c11-9(10(13)14)5-7-3-1-2-4-8(7)6-12(15)16/h1-4,9H,5-6,11H2,(H,13,14). The van der Waals surface area contributed by atoms with Gasteiger partial charge in [-0.1, -0.05) is 24.3 Å². The predicted octanol–water partition coefficient (Wildman–Crippen LogP) is 0.418. The number of rotatable bonds is 5. The van der Waals surface area contributed by atoms with Crippen molar-refractivity contribution in [2.24, 2.45) is 5.73 Å². The number of carboxylic acid groups (broad SMARTS) is 1. The summed E-state index contributed by atoms with van der Waals surface area (Å²) in [5, 5.41) is 19.1. The molecule has 0 spiro atoms. The lowest BCUT2D eigenvalue weighted by atomic mass is 10.0. The second-order valence-electron chi connectivity index (χ2n) is 3.41. The van der Waals surface area contributed by atoms with Crippen molar-refractivity contribution in [3.63, 3.8) is 0 Å². The third-order valence-corrected chi connectivity index (χ3v) is 2.17. The number of carbonyl (C=O) groups is 1. The van der Waals surface area contributed by atoms with Crippen LogP contribution in [0.5, 0.6) is 0 Å². The first-order valence-corrected chi connectivity index (χ1v) is 4.67. The Hall–Kier alpha value is -1.95. The van der Waals surface area contributed by atoms with Crippen molar-refractivity contribution in [2.45, 2.75) is 19.0 Å². The molecule has 1 unspecified atom stereocenters. The summed E-state index contributed by atoms with van der Waals surface area (Å²) in [5.41, 5.74) is 6.49. The fourth-order valence-electron chi connectivity index (χ4n) is 1.37. The molecule has 0 aliphatic heterocycles. The normalized spacial score (nSPS) is 12.1. The molecule has 3 N–H and O–H groups in total. The Morgan fingerprint density at radius 1 is 1.44 bits per heavy atom. The minimum Gasteiger partial charge on any atom is -0.480 e. The minimum atomic E-state index is -1.11. The second kappa shape index (κ2) is 5.22. The molecule has 0 radical (unpaired) electrons. The molecule has 0 amide bonds. The Morgan fingerprint density at radius 2 is 2.00 bits per heavy atom. The molecule has 0 aliphatic carbocycles. The monoisotopic (exact) mass is 224 g/mol. The quantitative estimate of drug-likeness (QED) is 0.556. The van der Waals surface area contributed by atoms with Crippen LogP contribution >= 0.6 is 0 Å². The zero-order chi connectivity index (χ0) is 12.1. The highest BCUT2D eigenvalue weighted by atomic mass is 16.6. The highest BCUT2D eigenvalue weighted by Crippen LogP contribution is 2.11. The first-order chi connectivity index (χ1) is 7.50. The largest absolute Gasteiger partial charge is 0.480 e. The molecule has 0 bridgehead atoms. The summed E-state index contributed by atoms with van der Waals surface area (Å²) in [5.74, 6) is -1.11. The van der Waals surface area contributed by atoms with Gasteiger partial charge < -0.3 is 10.8 Å². The lowest BCUT2D eigenvalue weighted by Crippen LogP contribution is -2.32. The molecule has 0 aromatic heterocycles. The maximum atomic E-state index is 10.6. The molecule has 0 saturated heterocycles. The Balaban J connectivity index is 2.86. The van der Waals surface area contributed by atoms with Gasteiger partial charge in [-0.3, -0.25) is 14.9 Å². The van der Waals surface area contributed by atoms with Crippen LogP contribution in [0.15, 0.2) is 24.3 Å². The first kappa shape index (κ1) is 12.1. The van der Waals surface area contributed by atoms with E-state index in [4.69, 9.17) is 10.8 Å². The number of benzene rings is 1. The van der Waals surface area contributed by atoms with E-state index in [0.717, 1.165) is 0 Å². The number of hydrogen-bond donors (Lipinski definition) is 2. The lowest BCUT2D eigenvalue weighted by Gasteiger charge is -2.09. The maximum Gasteiger partial charge on any atom is 0.320 e. The number of nitrogens with zero attached hydrogens (tertiary/aromatic N) is 1. The van der Waals surface area contributed by atoms with Crippen molar-refractivity contribution >= 4 is 5.97 Å². The van der Waals surface area contributed by atoms with Crippen LogP contribution in [0.1, 0.15) is 11.1 Å². The van der Waals surface area contributed by atoms with E-state index in [2.05, 4.69) is 0 Å². The Labute approximate surface area is 91.8 Å². The fourth-order valence-corrected chi connectivity index (χ4v) is 1.37. The van der Waals surface area contributed by atoms with Crippen LogP contribution in [-0.2, 0) is 17.8 Å².